The van der Waals surface area contributed by atoms with Gasteiger partial charge in [-0.25, -0.2) is 4.79 Å². The number of rotatable bonds is 16. The predicted octanol–water partition coefficient (Wildman–Crippen LogP) is 0.699. The number of carbonyl (C=O) groups excluding carboxylic acids is 2. The summed E-state index contributed by atoms with van der Waals surface area (Å²) in [5.74, 6) is -0.329. The van der Waals surface area contributed by atoms with Crippen molar-refractivity contribution in [3.05, 3.63) is 0 Å². The van der Waals surface area contributed by atoms with Crippen molar-refractivity contribution in [2.45, 2.75) is 90.5 Å². The van der Waals surface area contributed by atoms with Crippen LogP contribution < -0.4 is 21.8 Å². The van der Waals surface area contributed by atoms with Gasteiger partial charge in [-0.3, -0.25) is 21.3 Å². The van der Waals surface area contributed by atoms with Crippen LogP contribution in [0.1, 0.15) is 84.5 Å². The molecule has 0 fully saturated rings. The Morgan fingerprint density at radius 1 is 0.962 bits per heavy atom. The highest BCUT2D eigenvalue weighted by Crippen LogP contribution is 2.10. The fraction of sp³-hybridized carbons (Fsp3) is 0.842. The third-order valence-corrected chi connectivity index (χ3v) is 4.16. The van der Waals surface area contributed by atoms with Gasteiger partial charge in [-0.05, 0) is 26.2 Å². The molecule has 26 heavy (non-hydrogen) atoms. The van der Waals surface area contributed by atoms with Crippen molar-refractivity contribution in [3.63, 3.8) is 0 Å². The van der Waals surface area contributed by atoms with E-state index in [0.29, 0.717) is 32.4 Å². The minimum atomic E-state index is -0.614. The first-order valence-electron chi connectivity index (χ1n) is 10.1. The number of carbonyl (C=O) groups is 2. The van der Waals surface area contributed by atoms with Gasteiger partial charge >= 0.3 is 11.9 Å². The van der Waals surface area contributed by atoms with Crippen LogP contribution in [0.2, 0.25) is 0 Å². The molecule has 0 saturated heterocycles. The summed E-state index contributed by atoms with van der Waals surface area (Å²) >= 11 is 0. The Kier molecular flexibility index (Phi) is 15.5. The first kappa shape index (κ1) is 24.2. The van der Waals surface area contributed by atoms with Gasteiger partial charge in [0.05, 0.1) is 13.2 Å². The molecule has 6 N–H and O–H groups in total. The number of guanidine groups is 1. The summed E-state index contributed by atoms with van der Waals surface area (Å²) in [6, 6.07) is -0.614. The van der Waals surface area contributed by atoms with Gasteiger partial charge in [-0.2, -0.15) is 0 Å². The van der Waals surface area contributed by atoms with E-state index in [2.05, 4.69) is 17.2 Å². The molecule has 0 aromatic heterocycles. The molecule has 0 aliphatic heterocycles. The summed E-state index contributed by atoms with van der Waals surface area (Å²) < 4.78 is 5.04. The Morgan fingerprint density at radius 2 is 1.58 bits per heavy atom. The summed E-state index contributed by atoms with van der Waals surface area (Å²) in [5.41, 5.74) is 10.7. The normalized spacial score (nSPS) is 11.6. The van der Waals surface area contributed by atoms with E-state index >= 15 is 0 Å². The highest BCUT2D eigenvalue weighted by atomic mass is 16.5. The van der Waals surface area contributed by atoms with E-state index in [4.69, 9.17) is 16.2 Å². The van der Waals surface area contributed by atoms with E-state index in [-0.39, 0.29) is 17.8 Å². The summed E-state index contributed by atoms with van der Waals surface area (Å²) in [6.45, 7) is 4.81. The molecule has 0 aliphatic carbocycles. The van der Waals surface area contributed by atoms with E-state index in [1.54, 1.807) is 6.92 Å². The molecule has 1 atom stereocenters. The minimum absolute atomic E-state index is 0.0908. The average molecular weight is 372 g/mol. The van der Waals surface area contributed by atoms with E-state index < -0.39 is 6.04 Å². The number of unbranched alkanes of at least 4 members (excludes halogenated alkanes) is 7. The molecule has 0 aromatic rings. The van der Waals surface area contributed by atoms with Crippen LogP contribution in [0.15, 0.2) is 0 Å². The smallest absolute Gasteiger partial charge is 0.338 e. The standard InChI is InChI=1S/C19H38N4O3/c1-3-5-6-7-8-9-10-11-14-17(24)23-16(18(25)26-4-2)13-12-15-22-19(20)21/h16H,3-15H2,1-2H3,(H,23,24)(H4,20,21,22)/p+1. The second-order valence-electron chi connectivity index (χ2n) is 6.62. The maximum atomic E-state index is 12.1. The maximum absolute atomic E-state index is 12.1. The van der Waals surface area contributed by atoms with E-state index in [9.17, 15) is 9.59 Å². The van der Waals surface area contributed by atoms with Gasteiger partial charge in [-0.15, -0.1) is 0 Å². The summed E-state index contributed by atoms with van der Waals surface area (Å²) in [7, 11) is 0. The first-order valence-corrected chi connectivity index (χ1v) is 10.1. The number of nitrogens with one attached hydrogen (secondary N) is 2. The van der Waals surface area contributed by atoms with E-state index in [0.717, 1.165) is 12.8 Å². The fourth-order valence-corrected chi connectivity index (χ4v) is 2.72. The first-order chi connectivity index (χ1) is 12.5. The van der Waals surface area contributed by atoms with Gasteiger partial charge in [0.15, 0.2) is 0 Å². The Balaban J connectivity index is 4.04. The van der Waals surface area contributed by atoms with Crippen LogP contribution in [0.4, 0.5) is 0 Å². The van der Waals surface area contributed by atoms with Crippen molar-refractivity contribution >= 4 is 17.8 Å². The highest BCUT2D eigenvalue weighted by molar-refractivity contribution is 5.84. The molecule has 7 heteroatoms. The molecule has 7 nitrogen and oxygen atoms in total. The number of ether oxygens (including phenoxy) is 1. The lowest BCUT2D eigenvalue weighted by Gasteiger charge is -2.16. The van der Waals surface area contributed by atoms with Gasteiger partial charge in [0.1, 0.15) is 6.04 Å². The molecular formula is C19H39N4O3+. The van der Waals surface area contributed by atoms with Crippen molar-refractivity contribution in [3.8, 4) is 0 Å². The molecule has 1 amide bonds. The van der Waals surface area contributed by atoms with Gasteiger partial charge in [-0.1, -0.05) is 51.9 Å². The number of amides is 1. The molecular weight excluding hydrogens is 332 g/mol. The zero-order valence-corrected chi connectivity index (χ0v) is 16.6. The van der Waals surface area contributed by atoms with Gasteiger partial charge in [0, 0.05) is 6.42 Å². The monoisotopic (exact) mass is 371 g/mol. The molecule has 0 radical (unpaired) electrons. The molecule has 0 rings (SSSR count). The Morgan fingerprint density at radius 3 is 2.15 bits per heavy atom. The van der Waals surface area contributed by atoms with Crippen LogP contribution in [0.3, 0.4) is 0 Å². The molecule has 152 valence electrons. The number of hydrogen-bond donors (Lipinski definition) is 4. The van der Waals surface area contributed by atoms with Crippen LogP contribution in [0, 0.1) is 0 Å². The number of nitrogens with two attached hydrogens (primary N) is 2. The van der Waals surface area contributed by atoms with Crippen LogP contribution in [0.25, 0.3) is 0 Å². The van der Waals surface area contributed by atoms with Gasteiger partial charge in [0.2, 0.25) is 5.91 Å². The van der Waals surface area contributed by atoms with Crippen molar-refractivity contribution < 1.29 is 19.3 Å². The lowest BCUT2D eigenvalue weighted by atomic mass is 10.1. The Labute approximate surface area is 158 Å². The van der Waals surface area contributed by atoms with E-state index in [1.807, 2.05) is 0 Å². The number of hydrogen-bond acceptors (Lipinski definition) is 3. The quantitative estimate of drug-likeness (QED) is 0.138. The molecule has 0 heterocycles. The zero-order valence-electron chi connectivity index (χ0n) is 16.6. The maximum Gasteiger partial charge on any atom is 0.338 e. The third-order valence-electron chi connectivity index (χ3n) is 4.16. The lowest BCUT2D eigenvalue weighted by molar-refractivity contribution is -0.459. The van der Waals surface area contributed by atoms with Crippen LogP contribution in [0.5, 0.6) is 0 Å². The minimum Gasteiger partial charge on any atom is -0.464 e. The molecule has 0 aromatic carbocycles. The molecule has 0 saturated carbocycles. The predicted molar refractivity (Wildman–Crippen MR) is 104 cm³/mol. The second-order valence-corrected chi connectivity index (χ2v) is 6.62. The highest BCUT2D eigenvalue weighted by Gasteiger charge is 2.21. The van der Waals surface area contributed by atoms with Crippen molar-refractivity contribution in [1.29, 1.82) is 0 Å². The topological polar surface area (TPSA) is 121 Å². The molecule has 0 bridgehead atoms. The van der Waals surface area contributed by atoms with Gasteiger partial charge < -0.3 is 10.1 Å². The van der Waals surface area contributed by atoms with Crippen molar-refractivity contribution in [2.24, 2.45) is 11.5 Å². The molecule has 1 unspecified atom stereocenters. The summed E-state index contributed by atoms with van der Waals surface area (Å²) in [5, 5.41) is 2.80. The third kappa shape index (κ3) is 14.5. The Hall–Kier alpha value is -1.79. The van der Waals surface area contributed by atoms with E-state index in [1.165, 1.54) is 38.5 Å². The Bertz CT molecular complexity index is 410. The lowest BCUT2D eigenvalue weighted by Crippen LogP contribution is -2.78. The van der Waals surface area contributed by atoms with Gasteiger partial charge in [0.25, 0.3) is 0 Å². The summed E-state index contributed by atoms with van der Waals surface area (Å²) in [6.07, 6.45) is 11.1. The average Bonchev–Trinajstić information content (AvgIpc) is 2.59. The fourth-order valence-electron chi connectivity index (χ4n) is 2.72. The molecule has 0 aliphatic rings. The molecule has 0 spiro atoms. The largest absolute Gasteiger partial charge is 0.464 e. The van der Waals surface area contributed by atoms with Crippen molar-refractivity contribution in [1.82, 2.24) is 5.32 Å². The SMILES string of the molecule is CCCCCCCCCCC(=O)NC(CCC[NH+]=C(N)N)C(=O)OCC. The summed E-state index contributed by atoms with van der Waals surface area (Å²) in [4.78, 5) is 26.9. The number of esters is 1. The van der Waals surface area contributed by atoms with Crippen LogP contribution >= 0.6 is 0 Å². The van der Waals surface area contributed by atoms with Crippen LogP contribution in [-0.4, -0.2) is 37.0 Å². The van der Waals surface area contributed by atoms with Crippen molar-refractivity contribution in [2.75, 3.05) is 13.2 Å². The zero-order chi connectivity index (χ0) is 19.6. The second kappa shape index (κ2) is 16.7. The van der Waals surface area contributed by atoms with Crippen LogP contribution in [-0.2, 0) is 14.3 Å².